The van der Waals surface area contributed by atoms with E-state index >= 15 is 0 Å². The summed E-state index contributed by atoms with van der Waals surface area (Å²) in [6.07, 6.45) is 0. The van der Waals surface area contributed by atoms with Gasteiger partial charge in [0.05, 0.1) is 5.75 Å². The van der Waals surface area contributed by atoms with Crippen molar-refractivity contribution in [3.05, 3.63) is 35.4 Å². The van der Waals surface area contributed by atoms with Crippen LogP contribution in [0.4, 0.5) is 0 Å². The maximum atomic E-state index is 11.9. The van der Waals surface area contributed by atoms with Crippen molar-refractivity contribution < 1.29 is 9.00 Å². The van der Waals surface area contributed by atoms with Crippen LogP contribution in [0.15, 0.2) is 24.3 Å². The molecule has 0 heterocycles. The lowest BCUT2D eigenvalue weighted by Gasteiger charge is -2.16. The van der Waals surface area contributed by atoms with Crippen molar-refractivity contribution in [2.45, 2.75) is 32.4 Å². The third-order valence-corrected chi connectivity index (χ3v) is 4.18. The van der Waals surface area contributed by atoms with Crippen LogP contribution in [0, 0.1) is 6.92 Å². The molecular weight excluding hydrogens is 220 g/mol. The maximum Gasteiger partial charge on any atom is 0.175 e. The van der Waals surface area contributed by atoms with Gasteiger partial charge in [-0.1, -0.05) is 23.8 Å². The van der Waals surface area contributed by atoms with E-state index in [1.807, 2.05) is 45.9 Å². The van der Waals surface area contributed by atoms with E-state index in [0.29, 0.717) is 5.56 Å². The normalized spacial score (nSPS) is 13.5. The number of ketones is 1. The first kappa shape index (κ1) is 13.1. The van der Waals surface area contributed by atoms with Crippen LogP contribution in [0.5, 0.6) is 0 Å². The van der Waals surface area contributed by atoms with Gasteiger partial charge in [0.15, 0.2) is 5.78 Å². The summed E-state index contributed by atoms with van der Waals surface area (Å²) in [5.41, 5.74) is 1.70. The van der Waals surface area contributed by atoms with Crippen molar-refractivity contribution in [2.24, 2.45) is 0 Å². The van der Waals surface area contributed by atoms with Crippen LogP contribution in [0.3, 0.4) is 0 Å². The SMILES string of the molecule is Cc1cccc(C(=O)CS(=O)C(C)(C)C)c1. The topological polar surface area (TPSA) is 34.1 Å². The Balaban J connectivity index is 2.78. The minimum atomic E-state index is -1.12. The van der Waals surface area contributed by atoms with Gasteiger partial charge in [0, 0.05) is 21.1 Å². The molecule has 0 radical (unpaired) electrons. The number of aryl methyl sites for hydroxylation is 1. The molecule has 0 bridgehead atoms. The zero-order chi connectivity index (χ0) is 12.3. The number of rotatable bonds is 3. The summed E-state index contributed by atoms with van der Waals surface area (Å²) >= 11 is 0. The van der Waals surface area contributed by atoms with Gasteiger partial charge in [0.25, 0.3) is 0 Å². The molecule has 2 nitrogen and oxygen atoms in total. The molecule has 16 heavy (non-hydrogen) atoms. The molecule has 0 N–H and O–H groups in total. The summed E-state index contributed by atoms with van der Waals surface area (Å²) in [5.74, 6) is 0.0596. The fraction of sp³-hybridized carbons (Fsp3) is 0.462. The zero-order valence-electron chi connectivity index (χ0n) is 10.2. The van der Waals surface area contributed by atoms with Crippen molar-refractivity contribution in [1.82, 2.24) is 0 Å². The highest BCUT2D eigenvalue weighted by atomic mass is 32.2. The standard InChI is InChI=1S/C13H18O2S/c1-10-6-5-7-11(8-10)12(14)9-16(15)13(2,3)4/h5-8H,9H2,1-4H3. The van der Waals surface area contributed by atoms with Gasteiger partial charge in [0.2, 0.25) is 0 Å². The Labute approximate surface area is 99.5 Å². The fourth-order valence-corrected chi connectivity index (χ4v) is 2.08. The minimum absolute atomic E-state index is 0.0445. The molecule has 0 amide bonds. The lowest BCUT2D eigenvalue weighted by molar-refractivity contribution is 0.102. The van der Waals surface area contributed by atoms with E-state index in [2.05, 4.69) is 0 Å². The Morgan fingerprint density at radius 3 is 2.44 bits per heavy atom. The Kier molecular flexibility index (Phi) is 4.03. The lowest BCUT2D eigenvalue weighted by atomic mass is 10.1. The molecule has 0 saturated carbocycles. The van der Waals surface area contributed by atoms with Crippen LogP contribution < -0.4 is 0 Å². The first-order valence-electron chi connectivity index (χ1n) is 5.29. The molecule has 0 aliphatic heterocycles. The largest absolute Gasteiger partial charge is 0.293 e. The first-order valence-corrected chi connectivity index (χ1v) is 6.61. The first-order chi connectivity index (χ1) is 7.30. The number of carbonyl (C=O) groups excluding carboxylic acids is 1. The quantitative estimate of drug-likeness (QED) is 0.759. The van der Waals surface area contributed by atoms with Gasteiger partial charge in [-0.25, -0.2) is 0 Å². The minimum Gasteiger partial charge on any atom is -0.293 e. The molecule has 3 heteroatoms. The molecule has 88 valence electrons. The summed E-state index contributed by atoms with van der Waals surface area (Å²) in [6.45, 7) is 7.59. The molecule has 1 atom stereocenters. The molecule has 1 aromatic carbocycles. The molecule has 0 saturated heterocycles. The summed E-state index contributed by atoms with van der Waals surface area (Å²) in [6, 6.07) is 7.40. The lowest BCUT2D eigenvalue weighted by Crippen LogP contribution is -2.27. The predicted octanol–water partition coefficient (Wildman–Crippen LogP) is 2.72. The number of Topliss-reactive ketones (excluding diaryl/α,β-unsaturated/α-hetero) is 1. The van der Waals surface area contributed by atoms with Gasteiger partial charge in [-0.15, -0.1) is 0 Å². The van der Waals surface area contributed by atoms with Crippen molar-refractivity contribution in [2.75, 3.05) is 5.75 Å². The molecule has 1 aromatic rings. The van der Waals surface area contributed by atoms with E-state index in [1.54, 1.807) is 6.07 Å². The second-order valence-electron chi connectivity index (χ2n) is 4.89. The van der Waals surface area contributed by atoms with Crippen molar-refractivity contribution in [3.8, 4) is 0 Å². The van der Waals surface area contributed by atoms with Crippen LogP contribution >= 0.6 is 0 Å². The second-order valence-corrected chi connectivity index (χ2v) is 7.10. The molecule has 0 spiro atoms. The molecule has 0 fully saturated rings. The molecular formula is C13H18O2S. The van der Waals surface area contributed by atoms with Gasteiger partial charge in [-0.2, -0.15) is 0 Å². The van der Waals surface area contributed by atoms with Crippen molar-refractivity contribution in [1.29, 1.82) is 0 Å². The smallest absolute Gasteiger partial charge is 0.175 e. The molecule has 0 aliphatic carbocycles. The summed E-state index contributed by atoms with van der Waals surface area (Å²) in [4.78, 5) is 11.9. The van der Waals surface area contributed by atoms with E-state index in [-0.39, 0.29) is 16.3 Å². The van der Waals surface area contributed by atoms with E-state index in [9.17, 15) is 9.00 Å². The summed E-state index contributed by atoms with van der Waals surface area (Å²) < 4.78 is 11.5. The maximum absolute atomic E-state index is 11.9. The van der Waals surface area contributed by atoms with Gasteiger partial charge in [-0.05, 0) is 33.8 Å². The third kappa shape index (κ3) is 3.56. The van der Waals surface area contributed by atoms with Crippen LogP contribution in [-0.4, -0.2) is 20.5 Å². The van der Waals surface area contributed by atoms with E-state index in [4.69, 9.17) is 0 Å². The number of benzene rings is 1. The highest BCUT2D eigenvalue weighted by molar-refractivity contribution is 7.87. The van der Waals surface area contributed by atoms with Crippen LogP contribution in [-0.2, 0) is 10.8 Å². The number of carbonyl (C=O) groups is 1. The highest BCUT2D eigenvalue weighted by Crippen LogP contribution is 2.13. The number of hydrogen-bond donors (Lipinski definition) is 0. The predicted molar refractivity (Wildman–Crippen MR) is 68.3 cm³/mol. The molecule has 0 aliphatic rings. The fourth-order valence-electron chi connectivity index (χ4n) is 1.24. The van der Waals surface area contributed by atoms with Crippen LogP contribution in [0.1, 0.15) is 36.7 Å². The summed E-state index contributed by atoms with van der Waals surface area (Å²) in [7, 11) is -1.12. The van der Waals surface area contributed by atoms with Crippen molar-refractivity contribution >= 4 is 16.6 Å². The third-order valence-electron chi connectivity index (χ3n) is 2.29. The monoisotopic (exact) mass is 238 g/mol. The average Bonchev–Trinajstić information content (AvgIpc) is 2.16. The van der Waals surface area contributed by atoms with E-state index in [0.717, 1.165) is 5.56 Å². The Bertz CT molecular complexity index is 416. The Morgan fingerprint density at radius 1 is 1.31 bits per heavy atom. The van der Waals surface area contributed by atoms with Gasteiger partial charge < -0.3 is 0 Å². The zero-order valence-corrected chi connectivity index (χ0v) is 11.1. The molecule has 0 aromatic heterocycles. The van der Waals surface area contributed by atoms with Crippen LogP contribution in [0.25, 0.3) is 0 Å². The highest BCUT2D eigenvalue weighted by Gasteiger charge is 2.22. The molecule has 1 rings (SSSR count). The Morgan fingerprint density at radius 2 is 1.94 bits per heavy atom. The molecule has 1 unspecified atom stereocenters. The van der Waals surface area contributed by atoms with E-state index in [1.165, 1.54) is 0 Å². The number of hydrogen-bond acceptors (Lipinski definition) is 2. The van der Waals surface area contributed by atoms with Gasteiger partial charge >= 0.3 is 0 Å². The summed E-state index contributed by atoms with van der Waals surface area (Å²) in [5, 5.41) is 0. The Hall–Kier alpha value is -0.960. The second kappa shape index (κ2) is 4.91. The van der Waals surface area contributed by atoms with Gasteiger partial charge in [-0.3, -0.25) is 9.00 Å². The van der Waals surface area contributed by atoms with Crippen LogP contribution in [0.2, 0.25) is 0 Å². The van der Waals surface area contributed by atoms with Gasteiger partial charge in [0.1, 0.15) is 0 Å². The average molecular weight is 238 g/mol. The van der Waals surface area contributed by atoms with E-state index < -0.39 is 10.8 Å². The van der Waals surface area contributed by atoms with Crippen molar-refractivity contribution in [3.63, 3.8) is 0 Å².